The summed E-state index contributed by atoms with van der Waals surface area (Å²) in [6, 6.07) is 4.73. The van der Waals surface area contributed by atoms with Gasteiger partial charge in [-0.15, -0.1) is 0 Å². The van der Waals surface area contributed by atoms with E-state index in [9.17, 15) is 19.2 Å². The Kier molecular flexibility index (Phi) is 4.29. The van der Waals surface area contributed by atoms with Crippen LogP contribution in [-0.4, -0.2) is 40.1 Å². The summed E-state index contributed by atoms with van der Waals surface area (Å²) in [6.07, 6.45) is 0.375. The number of rotatable bonds is 3. The van der Waals surface area contributed by atoms with Gasteiger partial charge in [-0.2, -0.15) is 0 Å². The minimum Gasteiger partial charge on any atom is -0.370 e. The third kappa shape index (κ3) is 2.62. The summed E-state index contributed by atoms with van der Waals surface area (Å²) in [7, 11) is 0. The fourth-order valence-electron chi connectivity index (χ4n) is 5.19. The molecule has 1 spiro atoms. The first-order valence-electron chi connectivity index (χ1n) is 9.63. The van der Waals surface area contributed by atoms with Crippen LogP contribution in [0.1, 0.15) is 39.2 Å². The predicted octanol–water partition coefficient (Wildman–Crippen LogP) is 0.0982. The number of amides is 4. The monoisotopic (exact) mass is 419 g/mol. The normalized spacial score (nSPS) is 30.7. The van der Waals surface area contributed by atoms with E-state index < -0.39 is 34.9 Å². The molecule has 2 fully saturated rings. The largest absolute Gasteiger partial charge is 0.370 e. The Labute approximate surface area is 173 Å². The van der Waals surface area contributed by atoms with Gasteiger partial charge in [0.25, 0.3) is 5.91 Å². The van der Waals surface area contributed by atoms with E-state index in [4.69, 9.17) is 17.3 Å². The zero-order valence-electron chi connectivity index (χ0n) is 16.5. The molecular weight excluding hydrogens is 396 g/mol. The third-order valence-electron chi connectivity index (χ3n) is 6.25. The lowest BCUT2D eigenvalue weighted by Gasteiger charge is -2.33. The molecule has 5 N–H and O–H groups in total. The highest BCUT2D eigenvalue weighted by Gasteiger charge is 2.74. The number of nitrogens with two attached hydrogens (primary N) is 2. The molecule has 0 aliphatic carbocycles. The fourth-order valence-corrected chi connectivity index (χ4v) is 5.41. The van der Waals surface area contributed by atoms with Crippen molar-refractivity contribution >= 4 is 40.9 Å². The Bertz CT molecular complexity index is 956. The van der Waals surface area contributed by atoms with Gasteiger partial charge in [-0.25, -0.2) is 0 Å². The van der Waals surface area contributed by atoms with E-state index in [1.165, 1.54) is 4.90 Å². The van der Waals surface area contributed by atoms with Crippen LogP contribution >= 0.6 is 11.6 Å². The topological polar surface area (TPSA) is 126 Å². The molecule has 3 aliphatic heterocycles. The molecule has 0 saturated carbocycles. The van der Waals surface area contributed by atoms with Gasteiger partial charge in [0.2, 0.25) is 23.3 Å². The van der Waals surface area contributed by atoms with Crippen molar-refractivity contribution < 1.29 is 24.5 Å². The van der Waals surface area contributed by atoms with Crippen LogP contribution in [0.25, 0.3) is 0 Å². The second-order valence-electron chi connectivity index (χ2n) is 9.01. The van der Waals surface area contributed by atoms with Gasteiger partial charge in [0.1, 0.15) is 17.9 Å². The van der Waals surface area contributed by atoms with E-state index in [2.05, 4.69) is 5.32 Å². The first kappa shape index (κ1) is 19.8. The average molecular weight is 420 g/mol. The quantitative estimate of drug-likeness (QED) is 0.600. The highest BCUT2D eigenvalue weighted by molar-refractivity contribution is 6.35. The molecule has 4 amide bonds. The molecule has 0 bridgehead atoms. The second-order valence-corrected chi connectivity index (χ2v) is 9.41. The molecule has 4 atom stereocenters. The van der Waals surface area contributed by atoms with E-state index in [0.717, 1.165) is 0 Å². The Balaban J connectivity index is 1.88. The molecule has 9 heteroatoms. The number of benzene rings is 1. The highest BCUT2D eigenvalue weighted by Crippen LogP contribution is 2.51. The van der Waals surface area contributed by atoms with E-state index in [1.807, 2.05) is 0 Å². The van der Waals surface area contributed by atoms with Gasteiger partial charge in [-0.05, 0) is 32.9 Å². The summed E-state index contributed by atoms with van der Waals surface area (Å²) in [5.74, 6) is -3.11. The highest BCUT2D eigenvalue weighted by atomic mass is 35.5. The van der Waals surface area contributed by atoms with Gasteiger partial charge < -0.3 is 16.4 Å². The van der Waals surface area contributed by atoms with Crippen molar-refractivity contribution in [2.45, 2.75) is 50.7 Å². The number of carbonyl (C=O) groups is 4. The lowest BCUT2D eigenvalue weighted by Crippen LogP contribution is -2.99. The van der Waals surface area contributed by atoms with Gasteiger partial charge in [-0.1, -0.05) is 17.7 Å². The lowest BCUT2D eigenvalue weighted by molar-refractivity contribution is -0.734. The fraction of sp³-hybridized carbons (Fsp3) is 0.500. The maximum atomic E-state index is 13.5. The van der Waals surface area contributed by atoms with Crippen LogP contribution in [0.5, 0.6) is 0 Å². The number of para-hydroxylation sites is 1. The molecule has 4 rings (SSSR count). The molecule has 29 heavy (non-hydrogen) atoms. The van der Waals surface area contributed by atoms with Gasteiger partial charge in [-0.3, -0.25) is 24.1 Å². The van der Waals surface area contributed by atoms with Crippen molar-refractivity contribution in [2.75, 3.05) is 5.32 Å². The number of fused-ring (bicyclic) bond motifs is 4. The number of imide groups is 1. The number of halogens is 1. The van der Waals surface area contributed by atoms with Crippen molar-refractivity contribution in [3.8, 4) is 0 Å². The number of hydrogen-bond acceptors (Lipinski definition) is 4. The smallest absolute Gasteiger partial charge is 0.291 e. The van der Waals surface area contributed by atoms with Crippen molar-refractivity contribution in [1.82, 2.24) is 4.90 Å². The van der Waals surface area contributed by atoms with Crippen molar-refractivity contribution in [3.05, 3.63) is 28.8 Å². The number of nitrogens with zero attached hydrogens (tertiary/aromatic N) is 1. The Morgan fingerprint density at radius 2 is 1.97 bits per heavy atom. The summed E-state index contributed by atoms with van der Waals surface area (Å²) in [4.78, 5) is 52.8. The number of anilines is 1. The van der Waals surface area contributed by atoms with Crippen LogP contribution in [-0.2, 0) is 24.7 Å². The van der Waals surface area contributed by atoms with Crippen LogP contribution < -0.4 is 16.4 Å². The predicted molar refractivity (Wildman–Crippen MR) is 104 cm³/mol. The number of likely N-dealkylation sites (tertiary alicyclic amines) is 1. The van der Waals surface area contributed by atoms with Gasteiger partial charge in [0.05, 0.1) is 10.7 Å². The van der Waals surface area contributed by atoms with Gasteiger partial charge in [0.15, 0.2) is 0 Å². The maximum Gasteiger partial charge on any atom is 0.291 e. The summed E-state index contributed by atoms with van der Waals surface area (Å²) in [5.41, 5.74) is 4.38. The average Bonchev–Trinajstić information content (AvgIpc) is 3.19. The lowest BCUT2D eigenvalue weighted by atomic mass is 9.76. The van der Waals surface area contributed by atoms with Crippen molar-refractivity contribution in [2.24, 2.45) is 17.6 Å². The van der Waals surface area contributed by atoms with Crippen LogP contribution in [0.3, 0.4) is 0 Å². The molecule has 0 aromatic heterocycles. The van der Waals surface area contributed by atoms with Crippen molar-refractivity contribution in [3.63, 3.8) is 0 Å². The van der Waals surface area contributed by atoms with Crippen LogP contribution in [0.4, 0.5) is 5.69 Å². The number of hydrogen-bond donors (Lipinski definition) is 3. The Morgan fingerprint density at radius 1 is 1.28 bits per heavy atom. The minimum atomic E-state index is -1.29. The molecular formula is C20H24ClN4O4+. The van der Waals surface area contributed by atoms with Crippen molar-refractivity contribution in [1.29, 1.82) is 0 Å². The van der Waals surface area contributed by atoms with E-state index in [0.29, 0.717) is 22.7 Å². The standard InChI is InChI=1S/C20H23ClN4O4/c1-19(2,3)25-16(27)13-11(7-8-12(22)26)24-20(14(13)17(25)28)9-5-4-6-10(21)15(9)23-18(20)29/h4-6,11,13-14,24H,7-8H2,1-3H3,(H2,22,26)(H,23,29)/p+1/t11-,13-,14+,20+/m1/s1. The molecule has 154 valence electrons. The Hall–Kier alpha value is -2.45. The number of quaternary nitrogens is 1. The van der Waals surface area contributed by atoms with Crippen LogP contribution in [0, 0.1) is 11.8 Å². The molecule has 1 aromatic rings. The second kappa shape index (κ2) is 6.27. The number of nitrogens with one attached hydrogen (secondary N) is 1. The first-order chi connectivity index (χ1) is 13.5. The zero-order valence-corrected chi connectivity index (χ0v) is 17.2. The van der Waals surface area contributed by atoms with E-state index in [1.54, 1.807) is 44.3 Å². The minimum absolute atomic E-state index is 0.0709. The van der Waals surface area contributed by atoms with Gasteiger partial charge >= 0.3 is 0 Å². The molecule has 8 nitrogen and oxygen atoms in total. The first-order valence-corrected chi connectivity index (χ1v) is 10.0. The third-order valence-corrected chi connectivity index (χ3v) is 6.56. The maximum absolute atomic E-state index is 13.5. The molecule has 2 saturated heterocycles. The molecule has 3 heterocycles. The van der Waals surface area contributed by atoms with E-state index in [-0.39, 0.29) is 24.1 Å². The Morgan fingerprint density at radius 3 is 2.59 bits per heavy atom. The molecule has 0 radical (unpaired) electrons. The van der Waals surface area contributed by atoms with E-state index >= 15 is 0 Å². The summed E-state index contributed by atoms with van der Waals surface area (Å²) in [5, 5.41) is 4.96. The number of carbonyl (C=O) groups excluding carboxylic acids is 4. The van der Waals surface area contributed by atoms with Crippen LogP contribution in [0.15, 0.2) is 18.2 Å². The molecule has 3 aliphatic rings. The zero-order chi connectivity index (χ0) is 21.3. The SMILES string of the molecule is CC(C)(C)N1C(=O)[C@H]2[C@@H](C1=O)[C@]1([NH2+][C@@H]2CCC(N)=O)C(=O)Nc2c(Cl)cccc21. The van der Waals surface area contributed by atoms with Gasteiger partial charge in [0, 0.05) is 23.9 Å². The molecule has 0 unspecified atom stereocenters. The number of primary amides is 1. The van der Waals surface area contributed by atoms with Crippen LogP contribution in [0.2, 0.25) is 5.02 Å². The summed E-state index contributed by atoms with van der Waals surface area (Å²) in [6.45, 7) is 5.37. The summed E-state index contributed by atoms with van der Waals surface area (Å²) >= 11 is 6.29. The molecule has 1 aromatic carbocycles. The summed E-state index contributed by atoms with van der Waals surface area (Å²) < 4.78 is 0.